The quantitative estimate of drug-likeness (QED) is 0.475. The van der Waals surface area contributed by atoms with Crippen LogP contribution in [0.2, 0.25) is 0 Å². The third-order valence-corrected chi connectivity index (χ3v) is 2.17. The highest BCUT2D eigenvalue weighted by Crippen LogP contribution is 2.00. The van der Waals surface area contributed by atoms with Gasteiger partial charge in [0.1, 0.15) is 0 Å². The Balaban J connectivity index is 3.90. The molecule has 0 heterocycles. The Morgan fingerprint density at radius 2 is 1.60 bits per heavy atom. The molecule has 5 nitrogen and oxygen atoms in total. The number of aliphatic hydroxyl groups excluding tert-OH is 1. The van der Waals surface area contributed by atoms with Gasteiger partial charge in [-0.15, -0.1) is 0 Å². The van der Waals surface area contributed by atoms with Gasteiger partial charge in [0.2, 0.25) is 5.91 Å². The van der Waals surface area contributed by atoms with Gasteiger partial charge in [-0.25, -0.2) is 0 Å². The number of nitrogens with two attached hydrogens (primary N) is 2. The first-order valence-corrected chi connectivity index (χ1v) is 5.55. The van der Waals surface area contributed by atoms with Crippen LogP contribution in [0.4, 0.5) is 0 Å². The molecular weight excluding hydrogens is 194 g/mol. The van der Waals surface area contributed by atoms with E-state index in [-0.39, 0.29) is 12.5 Å². The molecule has 0 aliphatic rings. The zero-order chi connectivity index (χ0) is 11.5. The van der Waals surface area contributed by atoms with Gasteiger partial charge in [-0.1, -0.05) is 0 Å². The number of aliphatic hydroxyl groups is 1. The fourth-order valence-electron chi connectivity index (χ4n) is 1.31. The Kier molecular flexibility index (Phi) is 9.46. The van der Waals surface area contributed by atoms with Crippen molar-refractivity contribution in [2.75, 3.05) is 32.8 Å². The zero-order valence-corrected chi connectivity index (χ0v) is 9.32. The molecule has 90 valence electrons. The number of hydrogen-bond acceptors (Lipinski definition) is 4. The van der Waals surface area contributed by atoms with Crippen LogP contribution in [-0.2, 0) is 4.79 Å². The van der Waals surface area contributed by atoms with Crippen molar-refractivity contribution in [1.82, 2.24) is 4.90 Å². The van der Waals surface area contributed by atoms with Crippen LogP contribution in [0.15, 0.2) is 0 Å². The highest BCUT2D eigenvalue weighted by molar-refractivity contribution is 5.76. The average Bonchev–Trinajstić information content (AvgIpc) is 2.26. The first-order chi connectivity index (χ1) is 7.26. The maximum absolute atomic E-state index is 11.6. The van der Waals surface area contributed by atoms with E-state index in [9.17, 15) is 4.79 Å². The summed E-state index contributed by atoms with van der Waals surface area (Å²) in [4.78, 5) is 13.4. The first kappa shape index (κ1) is 14.3. The summed E-state index contributed by atoms with van der Waals surface area (Å²) in [5.41, 5.74) is 10.8. The number of amides is 1. The maximum Gasteiger partial charge on any atom is 0.222 e. The van der Waals surface area contributed by atoms with Crippen LogP contribution in [-0.4, -0.2) is 48.7 Å². The number of carbonyl (C=O) groups is 1. The molecule has 0 aromatic rings. The van der Waals surface area contributed by atoms with Crippen molar-refractivity contribution in [2.45, 2.75) is 25.7 Å². The smallest absolute Gasteiger partial charge is 0.222 e. The van der Waals surface area contributed by atoms with E-state index in [1.807, 2.05) is 0 Å². The van der Waals surface area contributed by atoms with Crippen molar-refractivity contribution in [3.8, 4) is 0 Å². The molecule has 0 saturated carbocycles. The number of rotatable bonds is 9. The van der Waals surface area contributed by atoms with E-state index < -0.39 is 0 Å². The summed E-state index contributed by atoms with van der Waals surface area (Å²) in [6, 6.07) is 0. The number of carbonyl (C=O) groups excluding carboxylic acids is 1. The van der Waals surface area contributed by atoms with Gasteiger partial charge in [-0.2, -0.15) is 0 Å². The minimum atomic E-state index is 0.0629. The van der Waals surface area contributed by atoms with Gasteiger partial charge in [-0.3, -0.25) is 4.79 Å². The fourth-order valence-corrected chi connectivity index (χ4v) is 1.31. The largest absolute Gasteiger partial charge is 0.396 e. The molecule has 0 rings (SSSR count). The highest BCUT2D eigenvalue weighted by Gasteiger charge is 2.11. The lowest BCUT2D eigenvalue weighted by atomic mass is 10.2. The number of nitrogens with zero attached hydrogens (tertiary/aromatic N) is 1. The van der Waals surface area contributed by atoms with E-state index in [0.717, 1.165) is 12.8 Å². The summed E-state index contributed by atoms with van der Waals surface area (Å²) < 4.78 is 0. The van der Waals surface area contributed by atoms with Gasteiger partial charge >= 0.3 is 0 Å². The molecule has 0 atom stereocenters. The normalized spacial score (nSPS) is 10.3. The summed E-state index contributed by atoms with van der Waals surface area (Å²) in [5, 5.41) is 8.64. The summed E-state index contributed by atoms with van der Waals surface area (Å²) in [7, 11) is 0. The summed E-state index contributed by atoms with van der Waals surface area (Å²) in [5.74, 6) is 0.0888. The molecule has 0 fully saturated rings. The topological polar surface area (TPSA) is 92.6 Å². The van der Waals surface area contributed by atoms with Gasteiger partial charge in [0.15, 0.2) is 0 Å². The monoisotopic (exact) mass is 217 g/mol. The molecule has 0 spiro atoms. The van der Waals surface area contributed by atoms with E-state index in [1.54, 1.807) is 4.90 Å². The minimum Gasteiger partial charge on any atom is -0.396 e. The van der Waals surface area contributed by atoms with Crippen LogP contribution in [0.25, 0.3) is 0 Å². The molecule has 0 bridgehead atoms. The molecule has 0 unspecified atom stereocenters. The molecule has 0 radical (unpaired) electrons. The molecule has 0 aliphatic heterocycles. The molecule has 0 aromatic heterocycles. The Morgan fingerprint density at radius 1 is 1.07 bits per heavy atom. The van der Waals surface area contributed by atoms with Gasteiger partial charge in [0.25, 0.3) is 0 Å². The van der Waals surface area contributed by atoms with Gasteiger partial charge in [0, 0.05) is 26.1 Å². The van der Waals surface area contributed by atoms with E-state index in [1.165, 1.54) is 0 Å². The standard InChI is InChI=1S/C10H23N3O2/c11-5-2-7-13(8-3-6-12)10(15)4-1-9-14/h14H,1-9,11-12H2. The lowest BCUT2D eigenvalue weighted by Crippen LogP contribution is -2.34. The van der Waals surface area contributed by atoms with Crippen LogP contribution < -0.4 is 11.5 Å². The molecule has 5 heteroatoms. The Labute approximate surface area is 91.4 Å². The van der Waals surface area contributed by atoms with E-state index in [4.69, 9.17) is 16.6 Å². The minimum absolute atomic E-state index is 0.0629. The second-order valence-corrected chi connectivity index (χ2v) is 3.49. The molecule has 15 heavy (non-hydrogen) atoms. The van der Waals surface area contributed by atoms with Crippen molar-refractivity contribution in [3.05, 3.63) is 0 Å². The van der Waals surface area contributed by atoms with E-state index >= 15 is 0 Å². The maximum atomic E-state index is 11.6. The SMILES string of the molecule is NCCCN(CCCN)C(=O)CCCO. The Hall–Kier alpha value is -0.650. The van der Waals surface area contributed by atoms with Crippen molar-refractivity contribution in [3.63, 3.8) is 0 Å². The third kappa shape index (κ3) is 7.30. The number of hydrogen-bond donors (Lipinski definition) is 3. The van der Waals surface area contributed by atoms with Crippen LogP contribution >= 0.6 is 0 Å². The van der Waals surface area contributed by atoms with Crippen molar-refractivity contribution in [1.29, 1.82) is 0 Å². The molecule has 0 saturated heterocycles. The second-order valence-electron chi connectivity index (χ2n) is 3.49. The van der Waals surface area contributed by atoms with Crippen molar-refractivity contribution >= 4 is 5.91 Å². The summed E-state index contributed by atoms with van der Waals surface area (Å²) in [6.45, 7) is 2.63. The van der Waals surface area contributed by atoms with Gasteiger partial charge in [0.05, 0.1) is 0 Å². The lowest BCUT2D eigenvalue weighted by molar-refractivity contribution is -0.131. The molecular formula is C10H23N3O2. The fraction of sp³-hybridized carbons (Fsp3) is 0.900. The Bertz CT molecular complexity index is 157. The summed E-state index contributed by atoms with van der Waals surface area (Å²) in [6.07, 6.45) is 2.57. The highest BCUT2D eigenvalue weighted by atomic mass is 16.3. The predicted molar refractivity (Wildman–Crippen MR) is 60.2 cm³/mol. The van der Waals surface area contributed by atoms with E-state index in [2.05, 4.69) is 0 Å². The Morgan fingerprint density at radius 3 is 2.00 bits per heavy atom. The molecule has 0 aromatic carbocycles. The van der Waals surface area contributed by atoms with Crippen molar-refractivity contribution in [2.24, 2.45) is 11.5 Å². The molecule has 5 N–H and O–H groups in total. The molecule has 1 amide bonds. The van der Waals surface area contributed by atoms with Crippen molar-refractivity contribution < 1.29 is 9.90 Å². The van der Waals surface area contributed by atoms with E-state index in [0.29, 0.717) is 39.0 Å². The second kappa shape index (κ2) is 9.89. The van der Waals surface area contributed by atoms with Crippen LogP contribution in [0.1, 0.15) is 25.7 Å². The average molecular weight is 217 g/mol. The predicted octanol–water partition coefficient (Wildman–Crippen LogP) is -0.715. The first-order valence-electron chi connectivity index (χ1n) is 5.55. The third-order valence-electron chi connectivity index (χ3n) is 2.17. The summed E-state index contributed by atoms with van der Waals surface area (Å²) >= 11 is 0. The van der Waals surface area contributed by atoms with Crippen LogP contribution in [0.3, 0.4) is 0 Å². The van der Waals surface area contributed by atoms with Crippen LogP contribution in [0, 0.1) is 0 Å². The van der Waals surface area contributed by atoms with Crippen LogP contribution in [0.5, 0.6) is 0 Å². The molecule has 0 aliphatic carbocycles. The van der Waals surface area contributed by atoms with Gasteiger partial charge in [-0.05, 0) is 32.4 Å². The zero-order valence-electron chi connectivity index (χ0n) is 9.32. The lowest BCUT2D eigenvalue weighted by Gasteiger charge is -2.22. The van der Waals surface area contributed by atoms with Gasteiger partial charge < -0.3 is 21.5 Å².